The predicted octanol–water partition coefficient (Wildman–Crippen LogP) is 8.92. The Morgan fingerprint density at radius 1 is 0.432 bits per heavy atom. The summed E-state index contributed by atoms with van der Waals surface area (Å²) in [4.78, 5) is 2.42. The van der Waals surface area contributed by atoms with Crippen LogP contribution in [0.2, 0.25) is 0 Å². The second kappa shape index (κ2) is 8.48. The Morgan fingerprint density at radius 2 is 0.838 bits per heavy atom. The van der Waals surface area contributed by atoms with Gasteiger partial charge in [0.25, 0.3) is 0 Å². The van der Waals surface area contributed by atoms with Crippen molar-refractivity contribution in [1.29, 1.82) is 0 Å². The van der Waals surface area contributed by atoms with Gasteiger partial charge >= 0.3 is 0 Å². The van der Waals surface area contributed by atoms with E-state index in [1.807, 2.05) is 24.3 Å². The van der Waals surface area contributed by atoms with Gasteiger partial charge in [-0.25, -0.2) is 0 Å². The van der Waals surface area contributed by atoms with Crippen LogP contribution in [0.4, 0.5) is 0 Å². The summed E-state index contributed by atoms with van der Waals surface area (Å²) in [5, 5.41) is 24.8. The lowest BCUT2D eigenvalue weighted by atomic mass is 9.65. The molecule has 0 bridgehead atoms. The highest BCUT2D eigenvalue weighted by molar-refractivity contribution is 7.13. The molecule has 178 valence electrons. The molecular weight excluding hydrogens is 492 g/mol. The minimum Gasteiger partial charge on any atom is -0.508 e. The summed E-state index contributed by atoms with van der Waals surface area (Å²) >= 11 is 3.48. The minimum atomic E-state index is -0.659. The molecule has 4 heteroatoms. The molecule has 0 saturated carbocycles. The number of aromatic hydroxyl groups is 2. The average molecular weight is 515 g/mol. The van der Waals surface area contributed by atoms with Crippen molar-refractivity contribution < 1.29 is 10.2 Å². The van der Waals surface area contributed by atoms with Crippen LogP contribution in [0.5, 0.6) is 11.5 Å². The Balaban J connectivity index is 1.71. The third-order valence-corrected chi connectivity index (χ3v) is 9.15. The molecule has 0 fully saturated rings. The number of thiophene rings is 2. The van der Waals surface area contributed by atoms with Gasteiger partial charge in [-0.2, -0.15) is 0 Å². The van der Waals surface area contributed by atoms with Gasteiger partial charge in [0, 0.05) is 9.75 Å². The van der Waals surface area contributed by atoms with Gasteiger partial charge in [-0.05, 0) is 91.7 Å². The standard InChI is InChI=1S/C33H22O2S2/c34-23-15-11-21(12-16-23)33(22-13-17-24(35)18-14-22)31-25(5-1-7-27(31)29-9-3-19-36-29)26-6-2-8-28(32(26)33)30-10-4-20-37-30/h1-20,34-35H. The van der Waals surface area contributed by atoms with E-state index in [9.17, 15) is 10.2 Å². The Labute approximate surface area is 223 Å². The van der Waals surface area contributed by atoms with Gasteiger partial charge in [-0.1, -0.05) is 72.8 Å². The molecule has 4 aromatic carbocycles. The summed E-state index contributed by atoms with van der Waals surface area (Å²) in [7, 11) is 0. The van der Waals surface area contributed by atoms with Crippen molar-refractivity contribution in [2.45, 2.75) is 5.41 Å². The predicted molar refractivity (Wildman–Crippen MR) is 154 cm³/mol. The molecule has 0 atom stereocenters. The Bertz CT molecular complexity index is 1580. The third-order valence-electron chi connectivity index (χ3n) is 7.34. The van der Waals surface area contributed by atoms with Crippen molar-refractivity contribution in [2.75, 3.05) is 0 Å². The highest BCUT2D eigenvalue weighted by Crippen LogP contribution is 2.61. The summed E-state index contributed by atoms with van der Waals surface area (Å²) in [6.45, 7) is 0. The fourth-order valence-corrected chi connectivity index (χ4v) is 7.44. The highest BCUT2D eigenvalue weighted by atomic mass is 32.1. The molecule has 7 rings (SSSR count). The summed E-state index contributed by atoms with van der Waals surface area (Å²) in [5.74, 6) is 0.474. The van der Waals surface area contributed by atoms with Gasteiger partial charge in [0.05, 0.1) is 5.41 Å². The summed E-state index contributed by atoms with van der Waals surface area (Å²) in [6, 6.07) is 37.0. The molecule has 0 radical (unpaired) electrons. The molecule has 2 aromatic heterocycles. The van der Waals surface area contributed by atoms with Crippen LogP contribution in [0.3, 0.4) is 0 Å². The van der Waals surface area contributed by atoms with E-state index in [1.165, 1.54) is 43.1 Å². The zero-order chi connectivity index (χ0) is 25.0. The maximum absolute atomic E-state index is 10.3. The number of hydrogen-bond acceptors (Lipinski definition) is 4. The first-order valence-electron chi connectivity index (χ1n) is 12.1. The van der Waals surface area contributed by atoms with Gasteiger partial charge in [0.2, 0.25) is 0 Å². The molecular formula is C33H22O2S2. The van der Waals surface area contributed by atoms with E-state index in [0.29, 0.717) is 0 Å². The van der Waals surface area contributed by atoms with Crippen LogP contribution < -0.4 is 0 Å². The smallest absolute Gasteiger partial charge is 0.115 e. The lowest BCUT2D eigenvalue weighted by Crippen LogP contribution is -2.29. The average Bonchev–Trinajstić information content (AvgIpc) is 3.70. The van der Waals surface area contributed by atoms with Crippen molar-refractivity contribution >= 4 is 22.7 Å². The topological polar surface area (TPSA) is 40.5 Å². The molecule has 2 N–H and O–H groups in total. The van der Waals surface area contributed by atoms with Crippen molar-refractivity contribution in [3.05, 3.63) is 142 Å². The molecule has 0 spiro atoms. The van der Waals surface area contributed by atoms with Crippen LogP contribution in [-0.2, 0) is 5.41 Å². The van der Waals surface area contributed by atoms with Gasteiger partial charge in [0.15, 0.2) is 0 Å². The molecule has 1 aliphatic rings. The lowest BCUT2D eigenvalue weighted by Gasteiger charge is -2.36. The van der Waals surface area contributed by atoms with Crippen LogP contribution >= 0.6 is 22.7 Å². The van der Waals surface area contributed by atoms with E-state index in [2.05, 4.69) is 71.4 Å². The first kappa shape index (κ1) is 22.1. The van der Waals surface area contributed by atoms with E-state index in [1.54, 1.807) is 46.9 Å². The highest BCUT2D eigenvalue weighted by Gasteiger charge is 2.49. The van der Waals surface area contributed by atoms with Crippen LogP contribution in [0.15, 0.2) is 120 Å². The summed E-state index contributed by atoms with van der Waals surface area (Å²) < 4.78 is 0. The second-order valence-electron chi connectivity index (χ2n) is 9.25. The van der Waals surface area contributed by atoms with E-state index < -0.39 is 5.41 Å². The SMILES string of the molecule is Oc1ccc(C2(c3ccc(O)cc3)c3c(-c4cccs4)cccc3-c3cccc(-c4cccs4)c32)cc1. The molecule has 1 aliphatic carbocycles. The summed E-state index contributed by atoms with van der Waals surface area (Å²) in [6.07, 6.45) is 0. The number of rotatable bonds is 4. The van der Waals surface area contributed by atoms with Crippen molar-refractivity contribution in [2.24, 2.45) is 0 Å². The Kier molecular flexibility index (Phi) is 5.07. The number of benzene rings is 4. The van der Waals surface area contributed by atoms with E-state index in [4.69, 9.17) is 0 Å². The van der Waals surface area contributed by atoms with Crippen molar-refractivity contribution in [3.63, 3.8) is 0 Å². The molecule has 2 nitrogen and oxygen atoms in total. The van der Waals surface area contributed by atoms with Crippen LogP contribution in [0.25, 0.3) is 32.0 Å². The number of phenols is 2. The van der Waals surface area contributed by atoms with E-state index in [0.717, 1.165) is 11.1 Å². The third kappa shape index (κ3) is 3.23. The monoisotopic (exact) mass is 514 g/mol. The Hall–Kier alpha value is -4.12. The maximum atomic E-state index is 10.3. The molecule has 0 amide bonds. The first-order chi connectivity index (χ1) is 18.2. The zero-order valence-electron chi connectivity index (χ0n) is 19.8. The quantitative estimate of drug-likeness (QED) is 0.246. The van der Waals surface area contributed by atoms with Crippen LogP contribution in [-0.4, -0.2) is 10.2 Å². The van der Waals surface area contributed by atoms with Gasteiger partial charge < -0.3 is 10.2 Å². The lowest BCUT2D eigenvalue weighted by molar-refractivity contribution is 0.475. The number of hydrogen-bond donors (Lipinski definition) is 2. The zero-order valence-corrected chi connectivity index (χ0v) is 21.4. The molecule has 0 aliphatic heterocycles. The maximum Gasteiger partial charge on any atom is 0.115 e. The first-order valence-corrected chi connectivity index (χ1v) is 13.9. The van der Waals surface area contributed by atoms with Crippen LogP contribution in [0, 0.1) is 0 Å². The van der Waals surface area contributed by atoms with Crippen molar-refractivity contribution in [3.8, 4) is 43.5 Å². The molecule has 2 heterocycles. The van der Waals surface area contributed by atoms with Gasteiger partial charge in [-0.15, -0.1) is 22.7 Å². The summed E-state index contributed by atoms with van der Waals surface area (Å²) in [5.41, 5.74) is 8.76. The van der Waals surface area contributed by atoms with E-state index >= 15 is 0 Å². The number of fused-ring (bicyclic) bond motifs is 3. The van der Waals surface area contributed by atoms with E-state index in [-0.39, 0.29) is 11.5 Å². The second-order valence-corrected chi connectivity index (χ2v) is 11.2. The van der Waals surface area contributed by atoms with Crippen molar-refractivity contribution in [1.82, 2.24) is 0 Å². The molecule has 37 heavy (non-hydrogen) atoms. The molecule has 0 saturated heterocycles. The largest absolute Gasteiger partial charge is 0.508 e. The Morgan fingerprint density at radius 3 is 1.22 bits per heavy atom. The van der Waals surface area contributed by atoms with Crippen LogP contribution in [0.1, 0.15) is 22.3 Å². The number of phenolic OH excluding ortho intramolecular Hbond substituents is 2. The molecule has 0 unspecified atom stereocenters. The normalized spacial score (nSPS) is 13.3. The minimum absolute atomic E-state index is 0.237. The fraction of sp³-hybridized carbons (Fsp3) is 0.0303. The van der Waals surface area contributed by atoms with Gasteiger partial charge in [0.1, 0.15) is 11.5 Å². The van der Waals surface area contributed by atoms with Gasteiger partial charge in [-0.3, -0.25) is 0 Å². The molecule has 6 aromatic rings. The fourth-order valence-electron chi connectivity index (χ4n) is 5.93.